The van der Waals surface area contributed by atoms with Crippen molar-refractivity contribution < 1.29 is 18.3 Å². The Morgan fingerprint density at radius 3 is 2.63 bits per heavy atom. The van der Waals surface area contributed by atoms with Crippen LogP contribution in [0, 0.1) is 19.8 Å². The fourth-order valence-electron chi connectivity index (χ4n) is 2.53. The number of hydrogen-bond donors (Lipinski definition) is 2. The van der Waals surface area contributed by atoms with Crippen molar-refractivity contribution in [2.45, 2.75) is 44.0 Å². The largest absolute Gasteiger partial charge is 0.481 e. The Morgan fingerprint density at radius 2 is 2.11 bits per heavy atom. The topological polar surface area (TPSA) is 83.5 Å². The van der Waals surface area contributed by atoms with E-state index in [-0.39, 0.29) is 4.90 Å². The third-order valence-corrected chi connectivity index (χ3v) is 6.14. The summed E-state index contributed by atoms with van der Waals surface area (Å²) in [6.45, 7) is 3.61. The summed E-state index contributed by atoms with van der Waals surface area (Å²) in [5.74, 6) is -1.54. The van der Waals surface area contributed by atoms with Crippen molar-refractivity contribution in [1.29, 1.82) is 0 Å². The molecule has 1 aromatic heterocycles. The number of rotatable bonds is 4. The van der Waals surface area contributed by atoms with Crippen LogP contribution in [-0.4, -0.2) is 25.5 Å². The maximum atomic E-state index is 12.3. The molecule has 0 saturated heterocycles. The molecule has 0 spiro atoms. The van der Waals surface area contributed by atoms with Crippen LogP contribution in [0.5, 0.6) is 0 Å². The van der Waals surface area contributed by atoms with Gasteiger partial charge in [0.25, 0.3) is 0 Å². The number of carboxylic acids is 1. The zero-order valence-electron chi connectivity index (χ0n) is 10.8. The molecule has 0 bridgehead atoms. The predicted molar refractivity (Wildman–Crippen MR) is 72.9 cm³/mol. The highest BCUT2D eigenvalue weighted by atomic mass is 32.2. The Morgan fingerprint density at radius 1 is 1.42 bits per heavy atom. The van der Waals surface area contributed by atoms with Gasteiger partial charge in [0.1, 0.15) is 0 Å². The first-order valence-electron chi connectivity index (χ1n) is 6.13. The monoisotopic (exact) mass is 303 g/mol. The van der Waals surface area contributed by atoms with Crippen LogP contribution < -0.4 is 4.72 Å². The standard InChI is InChI=1S/C12H17NO4S2/c1-7-6-11(8(2)18-7)19(16,17)13-10-5-3-4-9(10)12(14)15/h6,9-10,13H,3-5H2,1-2H3,(H,14,15). The number of sulfonamides is 1. The van der Waals surface area contributed by atoms with Crippen LogP contribution in [0.3, 0.4) is 0 Å². The summed E-state index contributed by atoms with van der Waals surface area (Å²) in [6, 6.07) is 1.13. The van der Waals surface area contributed by atoms with Crippen LogP contribution in [0.15, 0.2) is 11.0 Å². The van der Waals surface area contributed by atoms with Gasteiger partial charge in [0.2, 0.25) is 10.0 Å². The van der Waals surface area contributed by atoms with Gasteiger partial charge in [-0.3, -0.25) is 4.79 Å². The van der Waals surface area contributed by atoms with Gasteiger partial charge in [-0.25, -0.2) is 13.1 Å². The van der Waals surface area contributed by atoms with Gasteiger partial charge in [-0.1, -0.05) is 6.42 Å². The summed E-state index contributed by atoms with van der Waals surface area (Å²) in [5.41, 5.74) is 0. The minimum Gasteiger partial charge on any atom is -0.481 e. The lowest BCUT2D eigenvalue weighted by molar-refractivity contribution is -0.141. The molecule has 2 unspecified atom stereocenters. The molecule has 2 N–H and O–H groups in total. The second-order valence-corrected chi connectivity index (χ2v) is 8.02. The predicted octanol–water partition coefficient (Wildman–Crippen LogP) is 1.90. The molecule has 2 atom stereocenters. The first-order chi connectivity index (χ1) is 8.81. The van der Waals surface area contributed by atoms with Crippen molar-refractivity contribution in [2.24, 2.45) is 5.92 Å². The van der Waals surface area contributed by atoms with E-state index in [1.165, 1.54) is 11.3 Å². The lowest BCUT2D eigenvalue weighted by Crippen LogP contribution is -2.40. The molecule has 5 nitrogen and oxygen atoms in total. The molecule has 0 radical (unpaired) electrons. The summed E-state index contributed by atoms with van der Waals surface area (Å²) in [4.78, 5) is 13.0. The molecule has 0 aliphatic heterocycles. The number of carboxylic acid groups (broad SMARTS) is 1. The third kappa shape index (κ3) is 2.98. The molecular formula is C12H17NO4S2. The maximum absolute atomic E-state index is 12.3. The minimum atomic E-state index is -3.62. The Kier molecular flexibility index (Phi) is 3.98. The second-order valence-electron chi connectivity index (χ2n) is 4.88. The SMILES string of the molecule is Cc1cc(S(=O)(=O)NC2CCCC2C(=O)O)c(C)s1. The normalized spacial score (nSPS) is 23.7. The molecule has 19 heavy (non-hydrogen) atoms. The lowest BCUT2D eigenvalue weighted by atomic mass is 10.1. The Hall–Kier alpha value is -0.920. The highest BCUT2D eigenvalue weighted by molar-refractivity contribution is 7.89. The fraction of sp³-hybridized carbons (Fsp3) is 0.583. The van der Waals surface area contributed by atoms with E-state index in [1.807, 2.05) is 6.92 Å². The van der Waals surface area contributed by atoms with Crippen molar-refractivity contribution in [1.82, 2.24) is 4.72 Å². The van der Waals surface area contributed by atoms with Crippen LogP contribution >= 0.6 is 11.3 Å². The van der Waals surface area contributed by atoms with E-state index in [0.29, 0.717) is 12.8 Å². The number of hydrogen-bond acceptors (Lipinski definition) is 4. The van der Waals surface area contributed by atoms with Gasteiger partial charge < -0.3 is 5.11 Å². The van der Waals surface area contributed by atoms with E-state index in [0.717, 1.165) is 16.2 Å². The van der Waals surface area contributed by atoms with Gasteiger partial charge >= 0.3 is 5.97 Å². The van der Waals surface area contributed by atoms with Crippen molar-refractivity contribution in [3.8, 4) is 0 Å². The summed E-state index contributed by atoms with van der Waals surface area (Å²) in [6.07, 6.45) is 1.86. The Labute approximate surface area is 116 Å². The molecule has 7 heteroatoms. The molecule has 0 aromatic carbocycles. The first kappa shape index (κ1) is 14.5. The number of nitrogens with one attached hydrogen (secondary N) is 1. The van der Waals surface area contributed by atoms with Gasteiger partial charge in [0.15, 0.2) is 0 Å². The summed E-state index contributed by atoms with van der Waals surface area (Å²) >= 11 is 1.43. The third-order valence-electron chi connectivity index (χ3n) is 3.42. The molecule has 1 aliphatic carbocycles. The van der Waals surface area contributed by atoms with E-state index in [1.54, 1.807) is 13.0 Å². The second kappa shape index (κ2) is 5.22. The Bertz CT molecular complexity index is 591. The molecule has 0 amide bonds. The average molecular weight is 303 g/mol. The molecular weight excluding hydrogens is 286 g/mol. The molecule has 1 aromatic rings. The highest BCUT2D eigenvalue weighted by Crippen LogP contribution is 2.29. The molecule has 106 valence electrons. The molecule has 2 rings (SSSR count). The van der Waals surface area contributed by atoms with E-state index in [2.05, 4.69) is 4.72 Å². The highest BCUT2D eigenvalue weighted by Gasteiger charge is 2.36. The number of aliphatic carboxylic acids is 1. The molecule has 1 saturated carbocycles. The number of carbonyl (C=O) groups is 1. The van der Waals surface area contributed by atoms with Crippen LogP contribution in [0.2, 0.25) is 0 Å². The van der Waals surface area contributed by atoms with Crippen LogP contribution in [0.4, 0.5) is 0 Å². The lowest BCUT2D eigenvalue weighted by Gasteiger charge is -2.17. The van der Waals surface area contributed by atoms with E-state index >= 15 is 0 Å². The first-order valence-corrected chi connectivity index (χ1v) is 8.43. The van der Waals surface area contributed by atoms with Gasteiger partial charge in [0.05, 0.1) is 10.8 Å². The summed E-state index contributed by atoms with van der Waals surface area (Å²) in [7, 11) is -3.62. The van der Waals surface area contributed by atoms with Crippen molar-refractivity contribution in [3.05, 3.63) is 15.8 Å². The molecule has 1 heterocycles. The van der Waals surface area contributed by atoms with E-state index in [4.69, 9.17) is 5.11 Å². The van der Waals surface area contributed by atoms with E-state index in [9.17, 15) is 13.2 Å². The molecule has 1 fully saturated rings. The van der Waals surface area contributed by atoms with E-state index < -0.39 is 28.0 Å². The fourth-order valence-corrected chi connectivity index (χ4v) is 5.40. The van der Waals surface area contributed by atoms with Crippen molar-refractivity contribution >= 4 is 27.3 Å². The van der Waals surface area contributed by atoms with Gasteiger partial charge in [-0.2, -0.15) is 0 Å². The van der Waals surface area contributed by atoms with Gasteiger partial charge in [0, 0.05) is 15.8 Å². The van der Waals surface area contributed by atoms with Crippen molar-refractivity contribution in [3.63, 3.8) is 0 Å². The van der Waals surface area contributed by atoms with Gasteiger partial charge in [-0.05, 0) is 32.8 Å². The Balaban J connectivity index is 2.22. The smallest absolute Gasteiger partial charge is 0.308 e. The quantitative estimate of drug-likeness (QED) is 0.890. The minimum absolute atomic E-state index is 0.269. The zero-order chi connectivity index (χ0) is 14.2. The maximum Gasteiger partial charge on any atom is 0.308 e. The van der Waals surface area contributed by atoms with Gasteiger partial charge in [-0.15, -0.1) is 11.3 Å². The van der Waals surface area contributed by atoms with Crippen LogP contribution in [0.25, 0.3) is 0 Å². The average Bonchev–Trinajstić information content (AvgIpc) is 2.84. The van der Waals surface area contributed by atoms with Crippen molar-refractivity contribution in [2.75, 3.05) is 0 Å². The zero-order valence-corrected chi connectivity index (χ0v) is 12.5. The summed E-state index contributed by atoms with van der Waals surface area (Å²) in [5, 5.41) is 9.08. The summed E-state index contributed by atoms with van der Waals surface area (Å²) < 4.78 is 27.1. The molecule has 1 aliphatic rings. The van der Waals surface area contributed by atoms with Crippen LogP contribution in [-0.2, 0) is 14.8 Å². The number of aryl methyl sites for hydroxylation is 2. The van der Waals surface area contributed by atoms with Crippen LogP contribution in [0.1, 0.15) is 29.0 Å². The number of thiophene rings is 1.